The maximum absolute atomic E-state index is 11.8. The van der Waals surface area contributed by atoms with E-state index in [2.05, 4.69) is 29.1 Å². The van der Waals surface area contributed by atoms with Gasteiger partial charge in [0, 0.05) is 25.2 Å². The molecule has 0 aromatic rings. The van der Waals surface area contributed by atoms with Crippen LogP contribution in [-0.4, -0.2) is 73.3 Å². The highest BCUT2D eigenvalue weighted by atomic mass is 16.6. The maximum atomic E-state index is 11.8. The predicted molar refractivity (Wildman–Crippen MR) is 110 cm³/mol. The van der Waals surface area contributed by atoms with Crippen LogP contribution in [0.4, 0.5) is 4.79 Å². The van der Waals surface area contributed by atoms with Gasteiger partial charge in [-0.05, 0) is 51.6 Å². The molecule has 0 radical (unpaired) electrons. The average molecular weight is 382 g/mol. The molecule has 27 heavy (non-hydrogen) atoms. The van der Waals surface area contributed by atoms with E-state index < -0.39 is 0 Å². The Morgan fingerprint density at radius 2 is 1.78 bits per heavy atom. The third kappa shape index (κ3) is 7.20. The third-order valence-electron chi connectivity index (χ3n) is 5.70. The van der Waals surface area contributed by atoms with Crippen LogP contribution in [0, 0.1) is 5.92 Å². The average Bonchev–Trinajstić information content (AvgIpc) is 2.92. The minimum atomic E-state index is -0.213. The van der Waals surface area contributed by atoms with Gasteiger partial charge in [-0.15, -0.1) is 0 Å². The molecule has 7 nitrogen and oxygen atoms in total. The van der Waals surface area contributed by atoms with Gasteiger partial charge in [0.15, 0.2) is 5.96 Å². The third-order valence-corrected chi connectivity index (χ3v) is 5.70. The summed E-state index contributed by atoms with van der Waals surface area (Å²) in [5, 5.41) is 3.35. The number of piperidine rings is 1. The standard InChI is InChI=1S/C20H39N5O2/c1-4-27-20(26)25-13-9-17(10-14-25)23-19(21)22-15-18(16(2)3)24-11-7-5-6-8-12-24/h16-18H,4-15H2,1-3H3,(H3,21,22,23). The molecule has 7 heteroatoms. The molecule has 2 aliphatic heterocycles. The molecular formula is C20H39N5O2. The number of carbonyl (C=O) groups is 1. The van der Waals surface area contributed by atoms with Crippen molar-refractivity contribution in [2.75, 3.05) is 39.3 Å². The first-order chi connectivity index (χ1) is 13.0. The van der Waals surface area contributed by atoms with Gasteiger partial charge in [-0.1, -0.05) is 26.7 Å². The summed E-state index contributed by atoms with van der Waals surface area (Å²) in [6, 6.07) is 0.726. The van der Waals surface area contributed by atoms with Crippen molar-refractivity contribution in [1.29, 1.82) is 0 Å². The lowest BCUT2D eigenvalue weighted by molar-refractivity contribution is 0.0963. The quantitative estimate of drug-likeness (QED) is 0.545. The Morgan fingerprint density at radius 3 is 2.33 bits per heavy atom. The van der Waals surface area contributed by atoms with Crippen molar-refractivity contribution in [2.45, 2.75) is 71.4 Å². The van der Waals surface area contributed by atoms with Gasteiger partial charge < -0.3 is 20.7 Å². The van der Waals surface area contributed by atoms with Crippen LogP contribution in [0.5, 0.6) is 0 Å². The Hall–Kier alpha value is -1.50. The highest BCUT2D eigenvalue weighted by Crippen LogP contribution is 2.18. The Labute approximate surface area is 164 Å². The fourth-order valence-electron chi connectivity index (χ4n) is 4.04. The van der Waals surface area contributed by atoms with Crippen LogP contribution in [0.2, 0.25) is 0 Å². The van der Waals surface area contributed by atoms with Crippen LogP contribution in [0.15, 0.2) is 4.99 Å². The molecule has 0 aliphatic carbocycles. The lowest BCUT2D eigenvalue weighted by atomic mass is 10.0. The molecule has 1 unspecified atom stereocenters. The second-order valence-corrected chi connectivity index (χ2v) is 8.09. The molecule has 0 aromatic heterocycles. The second-order valence-electron chi connectivity index (χ2n) is 8.09. The van der Waals surface area contributed by atoms with Gasteiger partial charge in [0.2, 0.25) is 0 Å². The molecule has 2 saturated heterocycles. The minimum Gasteiger partial charge on any atom is -0.450 e. The SMILES string of the molecule is CCOC(=O)N1CCC(NC(N)=NCC(C(C)C)N2CCCCCC2)CC1. The zero-order valence-electron chi connectivity index (χ0n) is 17.5. The molecule has 2 rings (SSSR count). The van der Waals surface area contributed by atoms with Crippen LogP contribution < -0.4 is 11.1 Å². The molecule has 0 bridgehead atoms. The molecule has 2 fully saturated rings. The molecular weight excluding hydrogens is 342 g/mol. The van der Waals surface area contributed by atoms with E-state index in [4.69, 9.17) is 10.5 Å². The lowest BCUT2D eigenvalue weighted by Crippen LogP contribution is -2.49. The molecule has 3 N–H and O–H groups in total. The van der Waals surface area contributed by atoms with E-state index >= 15 is 0 Å². The largest absolute Gasteiger partial charge is 0.450 e. The first kappa shape index (κ1) is 21.8. The molecule has 2 aliphatic rings. The van der Waals surface area contributed by atoms with Gasteiger partial charge in [0.1, 0.15) is 0 Å². The number of carbonyl (C=O) groups excluding carboxylic acids is 1. The van der Waals surface area contributed by atoms with Gasteiger partial charge >= 0.3 is 6.09 Å². The van der Waals surface area contributed by atoms with Crippen molar-refractivity contribution in [2.24, 2.45) is 16.6 Å². The minimum absolute atomic E-state index is 0.213. The Kier molecular flexibility index (Phi) is 9.18. The maximum Gasteiger partial charge on any atom is 0.409 e. The number of amides is 1. The van der Waals surface area contributed by atoms with Crippen molar-refractivity contribution in [3.8, 4) is 0 Å². The molecule has 156 valence electrons. The number of nitrogens with one attached hydrogen (secondary N) is 1. The summed E-state index contributed by atoms with van der Waals surface area (Å²) in [6.07, 6.45) is 6.80. The molecule has 1 atom stereocenters. The molecule has 0 spiro atoms. The summed E-state index contributed by atoms with van der Waals surface area (Å²) in [6.45, 7) is 11.3. The van der Waals surface area contributed by atoms with Crippen LogP contribution in [0.25, 0.3) is 0 Å². The van der Waals surface area contributed by atoms with E-state index in [9.17, 15) is 4.79 Å². The fourth-order valence-corrected chi connectivity index (χ4v) is 4.04. The summed E-state index contributed by atoms with van der Waals surface area (Å²) in [7, 11) is 0. The van der Waals surface area contributed by atoms with Gasteiger partial charge in [0.05, 0.1) is 13.2 Å². The van der Waals surface area contributed by atoms with E-state index in [1.807, 2.05) is 6.92 Å². The number of hydrogen-bond donors (Lipinski definition) is 2. The van der Waals surface area contributed by atoms with Crippen LogP contribution in [0.1, 0.15) is 59.3 Å². The van der Waals surface area contributed by atoms with E-state index in [1.165, 1.54) is 38.8 Å². The molecule has 0 saturated carbocycles. The summed E-state index contributed by atoms with van der Waals surface area (Å²) in [5.41, 5.74) is 6.17. The van der Waals surface area contributed by atoms with Crippen LogP contribution in [0.3, 0.4) is 0 Å². The highest BCUT2D eigenvalue weighted by molar-refractivity contribution is 5.78. The smallest absolute Gasteiger partial charge is 0.409 e. The first-order valence-electron chi connectivity index (χ1n) is 10.7. The van der Waals surface area contributed by atoms with Gasteiger partial charge in [0.25, 0.3) is 0 Å². The van der Waals surface area contributed by atoms with Crippen molar-refractivity contribution in [3.63, 3.8) is 0 Å². The van der Waals surface area contributed by atoms with E-state index in [1.54, 1.807) is 4.90 Å². The number of nitrogens with two attached hydrogens (primary N) is 1. The lowest BCUT2D eigenvalue weighted by Gasteiger charge is -2.33. The van der Waals surface area contributed by atoms with E-state index in [-0.39, 0.29) is 12.1 Å². The number of guanidine groups is 1. The van der Waals surface area contributed by atoms with Crippen molar-refractivity contribution < 1.29 is 9.53 Å². The number of ether oxygens (including phenoxy) is 1. The van der Waals surface area contributed by atoms with Gasteiger partial charge in [-0.25, -0.2) is 4.79 Å². The van der Waals surface area contributed by atoms with Gasteiger partial charge in [-0.3, -0.25) is 9.89 Å². The molecule has 1 amide bonds. The number of rotatable bonds is 6. The monoisotopic (exact) mass is 381 g/mol. The van der Waals surface area contributed by atoms with Crippen molar-refractivity contribution in [1.82, 2.24) is 15.1 Å². The van der Waals surface area contributed by atoms with Crippen molar-refractivity contribution >= 4 is 12.1 Å². The van der Waals surface area contributed by atoms with Gasteiger partial charge in [-0.2, -0.15) is 0 Å². The zero-order valence-corrected chi connectivity index (χ0v) is 17.5. The van der Waals surface area contributed by atoms with E-state index in [0.29, 0.717) is 37.6 Å². The highest BCUT2D eigenvalue weighted by Gasteiger charge is 2.25. The first-order valence-corrected chi connectivity index (χ1v) is 10.7. The zero-order chi connectivity index (χ0) is 19.6. The normalized spacial score (nSPS) is 21.8. The van der Waals surface area contributed by atoms with Crippen LogP contribution >= 0.6 is 0 Å². The molecule has 0 aromatic carbocycles. The topological polar surface area (TPSA) is 83.2 Å². The predicted octanol–water partition coefficient (Wildman–Crippen LogP) is 2.41. The molecule has 2 heterocycles. The Balaban J connectivity index is 1.79. The second kappa shape index (κ2) is 11.4. The number of hydrogen-bond acceptors (Lipinski definition) is 4. The number of nitrogens with zero attached hydrogens (tertiary/aromatic N) is 3. The van der Waals surface area contributed by atoms with E-state index in [0.717, 1.165) is 19.4 Å². The summed E-state index contributed by atoms with van der Waals surface area (Å²) in [5.74, 6) is 1.09. The summed E-state index contributed by atoms with van der Waals surface area (Å²) >= 11 is 0. The number of likely N-dealkylation sites (tertiary alicyclic amines) is 2. The van der Waals surface area contributed by atoms with Crippen LogP contribution in [-0.2, 0) is 4.74 Å². The van der Waals surface area contributed by atoms with Crippen molar-refractivity contribution in [3.05, 3.63) is 0 Å². The Morgan fingerprint density at radius 1 is 1.15 bits per heavy atom. The summed E-state index contributed by atoms with van der Waals surface area (Å²) < 4.78 is 5.06. The Bertz CT molecular complexity index is 467. The fraction of sp³-hybridized carbons (Fsp3) is 0.900. The number of aliphatic imine (C=N–C) groups is 1. The summed E-state index contributed by atoms with van der Waals surface area (Å²) in [4.78, 5) is 20.8.